The maximum atomic E-state index is 11.3. The quantitative estimate of drug-likeness (QED) is 0.676. The van der Waals surface area contributed by atoms with Crippen molar-refractivity contribution in [2.45, 2.75) is 18.9 Å². The number of nitrogens with two attached hydrogens (primary N) is 1. The third-order valence-corrected chi connectivity index (χ3v) is 5.13. The summed E-state index contributed by atoms with van der Waals surface area (Å²) in [5.74, 6) is 1.32. The zero-order valence-electron chi connectivity index (χ0n) is 8.35. The van der Waals surface area contributed by atoms with E-state index in [1.54, 1.807) is 0 Å². The molecule has 2 rings (SSSR count). The Hall–Kier alpha value is -0.130. The van der Waals surface area contributed by atoms with Gasteiger partial charge in [-0.25, -0.2) is 8.42 Å². The van der Waals surface area contributed by atoms with Crippen LogP contribution in [0.5, 0.6) is 0 Å². The fourth-order valence-electron chi connectivity index (χ4n) is 2.45. The second-order valence-electron chi connectivity index (χ2n) is 4.44. The summed E-state index contributed by atoms with van der Waals surface area (Å²) >= 11 is 0. The first-order chi connectivity index (χ1) is 6.61. The second kappa shape index (κ2) is 3.79. The highest BCUT2D eigenvalue weighted by Crippen LogP contribution is 2.24. The maximum absolute atomic E-state index is 11.3. The molecule has 0 aromatic carbocycles. The van der Waals surface area contributed by atoms with Gasteiger partial charge in [0.2, 0.25) is 0 Å². The van der Waals surface area contributed by atoms with Crippen molar-refractivity contribution < 1.29 is 8.42 Å². The lowest BCUT2D eigenvalue weighted by atomic mass is 10.1. The predicted octanol–water partition coefficient (Wildman–Crippen LogP) is -0.546. The molecule has 2 fully saturated rings. The van der Waals surface area contributed by atoms with Crippen molar-refractivity contribution in [2.24, 2.45) is 11.7 Å². The molecule has 2 unspecified atom stereocenters. The minimum atomic E-state index is -2.73. The molecule has 0 aromatic rings. The molecule has 0 amide bonds. The van der Waals surface area contributed by atoms with Crippen molar-refractivity contribution in [3.8, 4) is 0 Å². The first-order valence-electron chi connectivity index (χ1n) is 5.25. The number of likely N-dealkylation sites (tertiary alicyclic amines) is 1. The Kier molecular flexibility index (Phi) is 2.81. The monoisotopic (exact) mass is 218 g/mol. The highest BCUT2D eigenvalue weighted by Gasteiger charge is 2.35. The highest BCUT2D eigenvalue weighted by atomic mass is 32.2. The Balaban J connectivity index is 1.92. The van der Waals surface area contributed by atoms with Gasteiger partial charge >= 0.3 is 0 Å². The molecule has 0 radical (unpaired) electrons. The molecule has 2 saturated heterocycles. The van der Waals surface area contributed by atoms with Crippen LogP contribution in [0, 0.1) is 5.92 Å². The molecule has 2 aliphatic rings. The lowest BCUT2D eigenvalue weighted by Crippen LogP contribution is -2.34. The van der Waals surface area contributed by atoms with Crippen LogP contribution in [0.25, 0.3) is 0 Å². The van der Waals surface area contributed by atoms with Crippen LogP contribution in [-0.2, 0) is 9.84 Å². The molecule has 0 aromatic heterocycles. The summed E-state index contributed by atoms with van der Waals surface area (Å²) in [6, 6.07) is 0.275. The minimum absolute atomic E-state index is 0.275. The van der Waals surface area contributed by atoms with Gasteiger partial charge in [0.05, 0.1) is 11.5 Å². The number of hydrogen-bond acceptors (Lipinski definition) is 4. The van der Waals surface area contributed by atoms with Crippen molar-refractivity contribution in [2.75, 3.05) is 31.1 Å². The molecule has 0 aliphatic carbocycles. The Bertz CT molecular complexity index is 302. The van der Waals surface area contributed by atoms with E-state index in [0.29, 0.717) is 17.4 Å². The van der Waals surface area contributed by atoms with Gasteiger partial charge in [-0.15, -0.1) is 0 Å². The van der Waals surface area contributed by atoms with Gasteiger partial charge in [0.25, 0.3) is 0 Å². The van der Waals surface area contributed by atoms with Crippen LogP contribution in [0.2, 0.25) is 0 Å². The first-order valence-corrected chi connectivity index (χ1v) is 7.07. The number of hydrogen-bond donors (Lipinski definition) is 1. The van der Waals surface area contributed by atoms with Crippen molar-refractivity contribution in [3.05, 3.63) is 0 Å². The van der Waals surface area contributed by atoms with E-state index < -0.39 is 9.84 Å². The van der Waals surface area contributed by atoms with Gasteiger partial charge < -0.3 is 5.73 Å². The molecule has 0 spiro atoms. The van der Waals surface area contributed by atoms with E-state index in [0.717, 1.165) is 32.5 Å². The Morgan fingerprint density at radius 3 is 2.64 bits per heavy atom. The van der Waals surface area contributed by atoms with E-state index in [1.165, 1.54) is 0 Å². The Labute approximate surface area is 85.4 Å². The largest absolute Gasteiger partial charge is 0.330 e. The van der Waals surface area contributed by atoms with Crippen molar-refractivity contribution in [3.63, 3.8) is 0 Å². The van der Waals surface area contributed by atoms with E-state index in [1.807, 2.05) is 0 Å². The topological polar surface area (TPSA) is 63.4 Å². The Morgan fingerprint density at radius 1 is 1.36 bits per heavy atom. The summed E-state index contributed by atoms with van der Waals surface area (Å²) in [6.07, 6.45) is 1.95. The zero-order chi connectivity index (χ0) is 10.2. The number of rotatable bonds is 2. The van der Waals surface area contributed by atoms with Crippen LogP contribution in [0.3, 0.4) is 0 Å². The average molecular weight is 218 g/mol. The molecule has 0 saturated carbocycles. The summed E-state index contributed by atoms with van der Waals surface area (Å²) in [5.41, 5.74) is 5.60. The van der Waals surface area contributed by atoms with Crippen LogP contribution < -0.4 is 5.73 Å². The molecule has 14 heavy (non-hydrogen) atoms. The molecule has 2 heterocycles. The zero-order valence-corrected chi connectivity index (χ0v) is 9.17. The molecular formula is C9H18N2O2S. The van der Waals surface area contributed by atoms with Gasteiger partial charge in [-0.2, -0.15) is 0 Å². The minimum Gasteiger partial charge on any atom is -0.330 e. The van der Waals surface area contributed by atoms with Gasteiger partial charge in [-0.1, -0.05) is 0 Å². The van der Waals surface area contributed by atoms with Gasteiger partial charge in [-0.3, -0.25) is 4.90 Å². The summed E-state index contributed by atoms with van der Waals surface area (Å²) < 4.78 is 22.6. The summed E-state index contributed by atoms with van der Waals surface area (Å²) in [6.45, 7) is 2.76. The molecule has 2 N–H and O–H groups in total. The third-order valence-electron chi connectivity index (χ3n) is 3.38. The lowest BCUT2D eigenvalue weighted by Gasteiger charge is -2.22. The molecule has 4 nitrogen and oxygen atoms in total. The normalized spacial score (nSPS) is 37.8. The standard InChI is InChI=1S/C9H18N2O2S/c10-5-8-1-3-11(6-8)9-2-4-14(12,13)7-9/h8-9H,1-7,10H2. The van der Waals surface area contributed by atoms with Crippen molar-refractivity contribution in [1.29, 1.82) is 0 Å². The molecular weight excluding hydrogens is 200 g/mol. The SMILES string of the molecule is NCC1CCN(C2CCS(=O)(=O)C2)C1. The van der Waals surface area contributed by atoms with Gasteiger partial charge in [0.1, 0.15) is 0 Å². The van der Waals surface area contributed by atoms with Crippen molar-refractivity contribution >= 4 is 9.84 Å². The lowest BCUT2D eigenvalue weighted by molar-refractivity contribution is 0.254. The summed E-state index contributed by atoms with van der Waals surface area (Å²) in [7, 11) is -2.73. The molecule has 5 heteroatoms. The predicted molar refractivity (Wildman–Crippen MR) is 55.8 cm³/mol. The highest BCUT2D eigenvalue weighted by molar-refractivity contribution is 7.91. The van der Waals surface area contributed by atoms with Gasteiger partial charge in [0, 0.05) is 12.6 Å². The van der Waals surface area contributed by atoms with E-state index in [4.69, 9.17) is 5.73 Å². The Morgan fingerprint density at radius 2 is 2.14 bits per heavy atom. The van der Waals surface area contributed by atoms with Gasteiger partial charge in [0.15, 0.2) is 9.84 Å². The molecule has 0 bridgehead atoms. The fraction of sp³-hybridized carbons (Fsp3) is 1.00. The molecule has 82 valence electrons. The summed E-state index contributed by atoms with van der Waals surface area (Å²) in [5, 5.41) is 0. The van der Waals surface area contributed by atoms with Crippen LogP contribution >= 0.6 is 0 Å². The second-order valence-corrected chi connectivity index (χ2v) is 6.67. The average Bonchev–Trinajstić information content (AvgIpc) is 2.70. The summed E-state index contributed by atoms with van der Waals surface area (Å²) in [4.78, 5) is 2.31. The fourth-order valence-corrected chi connectivity index (χ4v) is 4.21. The molecule has 2 aliphatic heterocycles. The molecule has 2 atom stereocenters. The number of sulfone groups is 1. The number of nitrogens with zero attached hydrogens (tertiary/aromatic N) is 1. The van der Waals surface area contributed by atoms with E-state index >= 15 is 0 Å². The van der Waals surface area contributed by atoms with E-state index in [9.17, 15) is 8.42 Å². The van der Waals surface area contributed by atoms with Crippen LogP contribution in [-0.4, -0.2) is 50.5 Å². The van der Waals surface area contributed by atoms with E-state index in [-0.39, 0.29) is 6.04 Å². The van der Waals surface area contributed by atoms with Crippen LogP contribution in [0.15, 0.2) is 0 Å². The van der Waals surface area contributed by atoms with Gasteiger partial charge in [-0.05, 0) is 31.8 Å². The van der Waals surface area contributed by atoms with Crippen molar-refractivity contribution in [1.82, 2.24) is 4.90 Å². The first kappa shape index (κ1) is 10.4. The maximum Gasteiger partial charge on any atom is 0.151 e. The van der Waals surface area contributed by atoms with Crippen LogP contribution in [0.4, 0.5) is 0 Å². The van der Waals surface area contributed by atoms with Crippen LogP contribution in [0.1, 0.15) is 12.8 Å². The third kappa shape index (κ3) is 2.10. The smallest absolute Gasteiger partial charge is 0.151 e. The van der Waals surface area contributed by atoms with E-state index in [2.05, 4.69) is 4.90 Å².